The SMILES string of the molecule is Cc1[nH]c2ccc(F)cc2c1CC(=O)N1CCC2(CN(C)C(=O)CO2)C1. The van der Waals surface area contributed by atoms with E-state index in [9.17, 15) is 14.0 Å². The number of ether oxygens (including phenoxy) is 1. The summed E-state index contributed by atoms with van der Waals surface area (Å²) in [6.07, 6.45) is 0.942. The maximum absolute atomic E-state index is 13.6. The Kier molecular flexibility index (Phi) is 3.99. The van der Waals surface area contributed by atoms with Crippen LogP contribution in [0.1, 0.15) is 17.7 Å². The van der Waals surface area contributed by atoms with E-state index in [1.54, 1.807) is 22.9 Å². The summed E-state index contributed by atoms with van der Waals surface area (Å²) < 4.78 is 19.4. The van der Waals surface area contributed by atoms with Crippen molar-refractivity contribution in [3.8, 4) is 0 Å². The molecule has 2 aromatic rings. The van der Waals surface area contributed by atoms with E-state index in [0.29, 0.717) is 19.6 Å². The number of likely N-dealkylation sites (tertiary alicyclic amines) is 1. The lowest BCUT2D eigenvalue weighted by Gasteiger charge is -2.38. The molecule has 2 saturated heterocycles. The van der Waals surface area contributed by atoms with E-state index < -0.39 is 5.60 Å². The van der Waals surface area contributed by atoms with E-state index >= 15 is 0 Å². The minimum atomic E-state index is -0.459. The molecule has 6 nitrogen and oxygen atoms in total. The van der Waals surface area contributed by atoms with Crippen LogP contribution in [0.3, 0.4) is 0 Å². The van der Waals surface area contributed by atoms with Crippen LogP contribution in [0.25, 0.3) is 10.9 Å². The van der Waals surface area contributed by atoms with E-state index in [1.165, 1.54) is 12.1 Å². The normalized spacial score (nSPS) is 23.4. The lowest BCUT2D eigenvalue weighted by molar-refractivity contribution is -0.159. The maximum Gasteiger partial charge on any atom is 0.248 e. The number of benzene rings is 1. The number of H-pyrrole nitrogens is 1. The Morgan fingerprint density at radius 1 is 1.38 bits per heavy atom. The van der Waals surface area contributed by atoms with Crippen molar-refractivity contribution in [1.82, 2.24) is 14.8 Å². The number of nitrogens with one attached hydrogen (secondary N) is 1. The van der Waals surface area contributed by atoms with Crippen molar-refractivity contribution < 1.29 is 18.7 Å². The molecule has 1 N–H and O–H groups in total. The topological polar surface area (TPSA) is 65.6 Å². The molecule has 0 radical (unpaired) electrons. The second kappa shape index (κ2) is 6.09. The highest BCUT2D eigenvalue weighted by Gasteiger charge is 2.45. The number of likely N-dealkylation sites (N-methyl/N-ethyl adjacent to an activating group) is 1. The summed E-state index contributed by atoms with van der Waals surface area (Å²) in [4.78, 5) is 31.2. The van der Waals surface area contributed by atoms with Crippen LogP contribution in [0.5, 0.6) is 0 Å². The van der Waals surface area contributed by atoms with Crippen molar-refractivity contribution in [3.05, 3.63) is 35.3 Å². The van der Waals surface area contributed by atoms with Gasteiger partial charge in [-0.3, -0.25) is 9.59 Å². The Bertz CT molecular complexity index is 894. The molecule has 2 aliphatic rings. The number of aromatic nitrogens is 1. The third kappa shape index (κ3) is 2.86. The molecule has 138 valence electrons. The first-order valence-corrected chi connectivity index (χ1v) is 8.79. The average Bonchev–Trinajstić information content (AvgIpc) is 3.14. The molecule has 2 fully saturated rings. The number of aromatic amines is 1. The van der Waals surface area contributed by atoms with Gasteiger partial charge in [0.1, 0.15) is 18.0 Å². The van der Waals surface area contributed by atoms with E-state index in [1.807, 2.05) is 6.92 Å². The molecule has 1 atom stereocenters. The number of hydrogen-bond donors (Lipinski definition) is 1. The van der Waals surface area contributed by atoms with Crippen molar-refractivity contribution >= 4 is 22.7 Å². The van der Waals surface area contributed by atoms with Crippen LogP contribution < -0.4 is 0 Å². The largest absolute Gasteiger partial charge is 0.361 e. The van der Waals surface area contributed by atoms with E-state index in [0.717, 1.165) is 28.6 Å². The number of rotatable bonds is 2. The number of carbonyl (C=O) groups is 2. The molecule has 0 saturated carbocycles. The average molecular weight is 359 g/mol. The zero-order valence-electron chi connectivity index (χ0n) is 15.0. The number of nitrogens with zero attached hydrogens (tertiary/aromatic N) is 2. The van der Waals surface area contributed by atoms with Crippen LogP contribution in [-0.4, -0.2) is 65.5 Å². The maximum atomic E-state index is 13.6. The molecule has 7 heteroatoms. The summed E-state index contributed by atoms with van der Waals surface area (Å²) in [5.41, 5.74) is 2.09. The summed E-state index contributed by atoms with van der Waals surface area (Å²) in [7, 11) is 1.76. The van der Waals surface area contributed by atoms with Gasteiger partial charge in [-0.1, -0.05) is 0 Å². The lowest BCUT2D eigenvalue weighted by Crippen LogP contribution is -2.54. The fourth-order valence-electron chi connectivity index (χ4n) is 4.04. The van der Waals surface area contributed by atoms with Gasteiger partial charge in [0.2, 0.25) is 11.8 Å². The Morgan fingerprint density at radius 2 is 2.19 bits per heavy atom. The highest BCUT2D eigenvalue weighted by molar-refractivity contribution is 5.90. The van der Waals surface area contributed by atoms with E-state index in [-0.39, 0.29) is 30.7 Å². The third-order valence-corrected chi connectivity index (χ3v) is 5.53. The summed E-state index contributed by atoms with van der Waals surface area (Å²) in [6, 6.07) is 4.57. The Labute approximate surface area is 150 Å². The minimum Gasteiger partial charge on any atom is -0.361 e. The Morgan fingerprint density at radius 3 is 2.96 bits per heavy atom. The van der Waals surface area contributed by atoms with Crippen molar-refractivity contribution in [2.45, 2.75) is 25.4 Å². The Hall–Kier alpha value is -2.41. The number of fused-ring (bicyclic) bond motifs is 1. The highest BCUT2D eigenvalue weighted by Crippen LogP contribution is 2.30. The predicted molar refractivity (Wildman–Crippen MR) is 94.2 cm³/mol. The van der Waals surface area contributed by atoms with Crippen molar-refractivity contribution in [2.24, 2.45) is 0 Å². The summed E-state index contributed by atoms with van der Waals surface area (Å²) in [5.74, 6) is -0.344. The number of aryl methyl sites for hydroxylation is 1. The van der Waals surface area contributed by atoms with Gasteiger partial charge in [0.15, 0.2) is 0 Å². The molecule has 26 heavy (non-hydrogen) atoms. The van der Waals surface area contributed by atoms with Crippen molar-refractivity contribution in [2.75, 3.05) is 33.3 Å². The van der Waals surface area contributed by atoms with Gasteiger partial charge < -0.3 is 19.5 Å². The monoisotopic (exact) mass is 359 g/mol. The van der Waals surface area contributed by atoms with Crippen LogP contribution in [0, 0.1) is 12.7 Å². The minimum absolute atomic E-state index is 0.00158. The molecule has 1 spiro atoms. The molecule has 2 aliphatic heterocycles. The van der Waals surface area contributed by atoms with Crippen LogP contribution in [-0.2, 0) is 20.7 Å². The summed E-state index contributed by atoms with van der Waals surface area (Å²) >= 11 is 0. The summed E-state index contributed by atoms with van der Waals surface area (Å²) in [6.45, 7) is 3.57. The first-order valence-electron chi connectivity index (χ1n) is 8.79. The first-order chi connectivity index (χ1) is 12.4. The van der Waals surface area contributed by atoms with Gasteiger partial charge >= 0.3 is 0 Å². The molecular formula is C19H22FN3O3. The molecular weight excluding hydrogens is 337 g/mol. The first kappa shape index (κ1) is 17.0. The van der Waals surface area contributed by atoms with Gasteiger partial charge in [-0.15, -0.1) is 0 Å². The van der Waals surface area contributed by atoms with E-state index in [4.69, 9.17) is 4.74 Å². The van der Waals surface area contributed by atoms with Crippen LogP contribution in [0.2, 0.25) is 0 Å². The van der Waals surface area contributed by atoms with Crippen LogP contribution in [0.4, 0.5) is 4.39 Å². The number of hydrogen-bond acceptors (Lipinski definition) is 3. The van der Waals surface area contributed by atoms with Crippen LogP contribution in [0.15, 0.2) is 18.2 Å². The predicted octanol–water partition coefficient (Wildman–Crippen LogP) is 1.62. The molecule has 1 aromatic heterocycles. The summed E-state index contributed by atoms with van der Waals surface area (Å²) in [5, 5.41) is 0.754. The van der Waals surface area contributed by atoms with Gasteiger partial charge in [-0.05, 0) is 37.1 Å². The van der Waals surface area contributed by atoms with Gasteiger partial charge in [0.05, 0.1) is 19.5 Å². The molecule has 0 aliphatic carbocycles. The number of amides is 2. The molecule has 1 aromatic carbocycles. The quantitative estimate of drug-likeness (QED) is 0.886. The number of carbonyl (C=O) groups excluding carboxylic acids is 2. The standard InChI is InChI=1S/C19H22FN3O3/c1-12-14(15-7-13(20)3-4-16(15)21-12)8-17(24)23-6-5-19(11-23)10-22(2)18(25)9-26-19/h3-4,7,21H,5-6,8-11H2,1-2H3. The number of morpholine rings is 1. The van der Waals surface area contributed by atoms with Crippen molar-refractivity contribution in [3.63, 3.8) is 0 Å². The zero-order valence-corrected chi connectivity index (χ0v) is 15.0. The number of halogens is 1. The van der Waals surface area contributed by atoms with E-state index in [2.05, 4.69) is 4.98 Å². The van der Waals surface area contributed by atoms with Gasteiger partial charge in [-0.2, -0.15) is 0 Å². The van der Waals surface area contributed by atoms with Gasteiger partial charge in [-0.25, -0.2) is 4.39 Å². The smallest absolute Gasteiger partial charge is 0.248 e. The molecule has 2 amide bonds. The van der Waals surface area contributed by atoms with Crippen LogP contribution >= 0.6 is 0 Å². The lowest BCUT2D eigenvalue weighted by atomic mass is 10.0. The fraction of sp³-hybridized carbons (Fsp3) is 0.474. The Balaban J connectivity index is 1.51. The second-order valence-electron chi connectivity index (χ2n) is 7.38. The fourth-order valence-corrected chi connectivity index (χ4v) is 4.04. The molecule has 0 bridgehead atoms. The van der Waals surface area contributed by atoms with Gasteiger partial charge in [0, 0.05) is 30.2 Å². The third-order valence-electron chi connectivity index (χ3n) is 5.53. The van der Waals surface area contributed by atoms with Crippen molar-refractivity contribution in [1.29, 1.82) is 0 Å². The molecule has 1 unspecified atom stereocenters. The zero-order chi connectivity index (χ0) is 18.5. The molecule has 3 heterocycles. The second-order valence-corrected chi connectivity index (χ2v) is 7.38. The molecule has 4 rings (SSSR count). The highest BCUT2D eigenvalue weighted by atomic mass is 19.1. The van der Waals surface area contributed by atoms with Gasteiger partial charge in [0.25, 0.3) is 0 Å².